The van der Waals surface area contributed by atoms with Crippen molar-refractivity contribution in [1.29, 1.82) is 0 Å². The van der Waals surface area contributed by atoms with Crippen LogP contribution in [0.1, 0.15) is 0 Å². The molecule has 0 aliphatic heterocycles. The molecule has 0 amide bonds. The van der Waals surface area contributed by atoms with Crippen molar-refractivity contribution in [2.24, 2.45) is 0 Å². The van der Waals surface area contributed by atoms with Gasteiger partial charge in [-0.1, -0.05) is 18.2 Å². The van der Waals surface area contributed by atoms with E-state index in [9.17, 15) is 8.42 Å². The van der Waals surface area contributed by atoms with Gasteiger partial charge in [0.15, 0.2) is 0 Å². The molecule has 0 aliphatic carbocycles. The third kappa shape index (κ3) is 2.53. The predicted octanol–water partition coefficient (Wildman–Crippen LogP) is 0.614. The summed E-state index contributed by atoms with van der Waals surface area (Å²) in [6, 6.07) is 8.03. The van der Waals surface area contributed by atoms with Crippen LogP contribution in [0.15, 0.2) is 35.2 Å². The summed E-state index contributed by atoms with van der Waals surface area (Å²) >= 11 is 0. The number of nitrogens with zero attached hydrogens (tertiary/aromatic N) is 2. The molecule has 0 radical (unpaired) electrons. The quantitative estimate of drug-likeness (QED) is 0.833. The number of rotatable bonds is 4. The summed E-state index contributed by atoms with van der Waals surface area (Å²) in [6.07, 6.45) is 0. The fourth-order valence-corrected chi connectivity index (χ4v) is 2.15. The molecule has 0 saturated carbocycles. The Morgan fingerprint density at radius 3 is 2.59 bits per heavy atom. The second-order valence-electron chi connectivity index (χ2n) is 3.09. The Kier molecular flexibility index (Phi) is 2.96. The Bertz CT molecular complexity index is 594. The molecule has 2 aromatic rings. The average molecular weight is 254 g/mol. The molecule has 8 heteroatoms. The van der Waals surface area contributed by atoms with Gasteiger partial charge in [-0.25, -0.2) is 18.2 Å². The van der Waals surface area contributed by atoms with Crippen LogP contribution < -0.4 is 9.46 Å². The number of nitrogens with one attached hydrogen (secondary N) is 2. The second kappa shape index (κ2) is 4.42. The van der Waals surface area contributed by atoms with Crippen molar-refractivity contribution in [3.63, 3.8) is 0 Å². The standard InChI is InChI=1S/C9H10N4O3S/c1-16-9-10-8(11-12-9)13-17(14,15)7-5-3-2-4-6-7/h2-6H,1H3,(H2,10,11,12,13). The van der Waals surface area contributed by atoms with E-state index in [4.69, 9.17) is 4.74 Å². The number of anilines is 1. The monoisotopic (exact) mass is 254 g/mol. The molecule has 0 bridgehead atoms. The van der Waals surface area contributed by atoms with Crippen molar-refractivity contribution in [1.82, 2.24) is 15.2 Å². The summed E-state index contributed by atoms with van der Waals surface area (Å²) in [7, 11) is -2.26. The summed E-state index contributed by atoms with van der Waals surface area (Å²) in [5.41, 5.74) is 0. The zero-order valence-corrected chi connectivity index (χ0v) is 9.73. The number of ether oxygens (including phenoxy) is 1. The minimum atomic E-state index is -3.65. The lowest BCUT2D eigenvalue weighted by Crippen LogP contribution is -2.13. The van der Waals surface area contributed by atoms with Crippen molar-refractivity contribution >= 4 is 16.0 Å². The normalized spacial score (nSPS) is 11.1. The van der Waals surface area contributed by atoms with Gasteiger partial charge >= 0.3 is 6.01 Å². The third-order valence-electron chi connectivity index (χ3n) is 1.93. The van der Waals surface area contributed by atoms with Gasteiger partial charge < -0.3 is 4.74 Å². The van der Waals surface area contributed by atoms with E-state index in [1.165, 1.54) is 19.2 Å². The van der Waals surface area contributed by atoms with E-state index >= 15 is 0 Å². The highest BCUT2D eigenvalue weighted by Crippen LogP contribution is 2.13. The minimum Gasteiger partial charge on any atom is -0.466 e. The van der Waals surface area contributed by atoms with Gasteiger partial charge in [0, 0.05) is 0 Å². The number of benzene rings is 1. The van der Waals surface area contributed by atoms with Crippen LogP contribution in [0.5, 0.6) is 6.01 Å². The van der Waals surface area contributed by atoms with E-state index in [1.54, 1.807) is 18.2 Å². The maximum absolute atomic E-state index is 11.9. The fourth-order valence-electron chi connectivity index (χ4n) is 1.17. The molecule has 90 valence electrons. The van der Waals surface area contributed by atoms with Gasteiger partial charge in [-0.05, 0) is 12.1 Å². The molecular weight excluding hydrogens is 244 g/mol. The number of hydrogen-bond donors (Lipinski definition) is 2. The number of aromatic amines is 1. The first-order valence-corrected chi connectivity index (χ1v) is 6.14. The molecule has 0 saturated heterocycles. The highest BCUT2D eigenvalue weighted by atomic mass is 32.2. The van der Waals surface area contributed by atoms with Crippen LogP contribution >= 0.6 is 0 Å². The fraction of sp³-hybridized carbons (Fsp3) is 0.111. The molecule has 7 nitrogen and oxygen atoms in total. The van der Waals surface area contributed by atoms with Gasteiger partial charge in [0.2, 0.25) is 5.95 Å². The van der Waals surface area contributed by atoms with Crippen LogP contribution in [0.3, 0.4) is 0 Å². The van der Waals surface area contributed by atoms with Crippen molar-refractivity contribution in [3.8, 4) is 6.01 Å². The summed E-state index contributed by atoms with van der Waals surface area (Å²) in [5, 5.41) is 6.03. The van der Waals surface area contributed by atoms with Gasteiger partial charge in [0.1, 0.15) is 0 Å². The molecule has 17 heavy (non-hydrogen) atoms. The van der Waals surface area contributed by atoms with Crippen molar-refractivity contribution < 1.29 is 13.2 Å². The zero-order chi connectivity index (χ0) is 12.3. The van der Waals surface area contributed by atoms with E-state index in [0.29, 0.717) is 0 Å². The lowest BCUT2D eigenvalue weighted by Gasteiger charge is -2.03. The van der Waals surface area contributed by atoms with E-state index in [2.05, 4.69) is 19.9 Å². The summed E-state index contributed by atoms with van der Waals surface area (Å²) in [5.74, 6) is 0.00528. The molecular formula is C9H10N4O3S. The van der Waals surface area contributed by atoms with Crippen molar-refractivity contribution in [3.05, 3.63) is 30.3 Å². The molecule has 0 atom stereocenters. The molecule has 0 spiro atoms. The largest absolute Gasteiger partial charge is 0.466 e. The SMILES string of the molecule is COc1n[nH]c(NS(=O)(=O)c2ccccc2)n1. The Morgan fingerprint density at radius 2 is 2.00 bits per heavy atom. The smallest absolute Gasteiger partial charge is 0.336 e. The van der Waals surface area contributed by atoms with Gasteiger partial charge in [-0.3, -0.25) is 0 Å². The molecule has 2 N–H and O–H groups in total. The molecule has 1 aromatic carbocycles. The lowest BCUT2D eigenvalue weighted by molar-refractivity contribution is 0.382. The number of sulfonamides is 1. The van der Waals surface area contributed by atoms with Crippen LogP contribution in [0.25, 0.3) is 0 Å². The first kappa shape index (κ1) is 11.4. The predicted molar refractivity (Wildman–Crippen MR) is 60.2 cm³/mol. The Balaban J connectivity index is 2.24. The highest BCUT2D eigenvalue weighted by molar-refractivity contribution is 7.92. The summed E-state index contributed by atoms with van der Waals surface area (Å²) in [4.78, 5) is 3.91. The van der Waals surface area contributed by atoms with Crippen LogP contribution in [0.2, 0.25) is 0 Å². The van der Waals surface area contributed by atoms with Crippen LogP contribution in [-0.2, 0) is 10.0 Å². The van der Waals surface area contributed by atoms with Crippen LogP contribution in [0, 0.1) is 0 Å². The first-order valence-electron chi connectivity index (χ1n) is 4.66. The number of hydrogen-bond acceptors (Lipinski definition) is 5. The van der Waals surface area contributed by atoms with E-state index in [-0.39, 0.29) is 16.9 Å². The zero-order valence-electron chi connectivity index (χ0n) is 8.91. The van der Waals surface area contributed by atoms with Crippen molar-refractivity contribution in [2.45, 2.75) is 4.90 Å². The Labute approximate surface area is 97.9 Å². The number of aromatic nitrogens is 3. The van der Waals surface area contributed by atoms with Crippen LogP contribution in [-0.4, -0.2) is 30.7 Å². The lowest BCUT2D eigenvalue weighted by atomic mass is 10.4. The summed E-state index contributed by atoms with van der Waals surface area (Å²) in [6.45, 7) is 0. The second-order valence-corrected chi connectivity index (χ2v) is 4.77. The maximum atomic E-state index is 11.9. The molecule has 2 rings (SSSR count). The van der Waals surface area contributed by atoms with Gasteiger partial charge in [0.05, 0.1) is 12.0 Å². The van der Waals surface area contributed by atoms with Gasteiger partial charge in [-0.2, -0.15) is 4.98 Å². The van der Waals surface area contributed by atoms with E-state index in [1.807, 2.05) is 0 Å². The minimum absolute atomic E-state index is 0.00528. The molecule has 1 aromatic heterocycles. The molecule has 0 unspecified atom stereocenters. The van der Waals surface area contributed by atoms with Crippen molar-refractivity contribution in [2.75, 3.05) is 11.8 Å². The average Bonchev–Trinajstić information content (AvgIpc) is 2.77. The topological polar surface area (TPSA) is 97.0 Å². The highest BCUT2D eigenvalue weighted by Gasteiger charge is 2.15. The Hall–Kier alpha value is -2.09. The van der Waals surface area contributed by atoms with Crippen LogP contribution in [0.4, 0.5) is 5.95 Å². The van der Waals surface area contributed by atoms with Gasteiger partial charge in [0.25, 0.3) is 10.0 Å². The Morgan fingerprint density at radius 1 is 1.29 bits per heavy atom. The van der Waals surface area contributed by atoms with E-state index in [0.717, 1.165) is 0 Å². The summed E-state index contributed by atoms with van der Waals surface area (Å²) < 4.78 is 30.7. The van der Waals surface area contributed by atoms with E-state index < -0.39 is 10.0 Å². The first-order chi connectivity index (χ1) is 8.12. The molecule has 0 aliphatic rings. The molecule has 0 fully saturated rings. The third-order valence-corrected chi connectivity index (χ3v) is 3.29. The number of H-pyrrole nitrogens is 1. The molecule has 1 heterocycles. The number of methoxy groups -OCH3 is 1. The van der Waals surface area contributed by atoms with Gasteiger partial charge in [-0.15, -0.1) is 5.10 Å². The maximum Gasteiger partial charge on any atom is 0.336 e.